The van der Waals surface area contributed by atoms with E-state index in [0.717, 1.165) is 9.35 Å². The van der Waals surface area contributed by atoms with Crippen LogP contribution in [0.25, 0.3) is 6.08 Å². The molecule has 1 saturated heterocycles. The van der Waals surface area contributed by atoms with Gasteiger partial charge < -0.3 is 0 Å². The van der Waals surface area contributed by atoms with Gasteiger partial charge in [0.1, 0.15) is 0 Å². The molecule has 0 radical (unpaired) electrons. The first-order valence-corrected chi connectivity index (χ1v) is 9.16. The van der Waals surface area contributed by atoms with Crippen molar-refractivity contribution in [3.63, 3.8) is 0 Å². The van der Waals surface area contributed by atoms with Crippen molar-refractivity contribution in [3.8, 4) is 0 Å². The number of carbonyl (C=O) groups is 1. The van der Waals surface area contributed by atoms with E-state index in [4.69, 9.17) is 11.6 Å². The second kappa shape index (κ2) is 6.58. The minimum atomic E-state index is -0.0413. The summed E-state index contributed by atoms with van der Waals surface area (Å²) in [6.07, 6.45) is 1.89. The van der Waals surface area contributed by atoms with Crippen molar-refractivity contribution in [2.75, 3.05) is 7.05 Å². The van der Waals surface area contributed by atoms with Crippen LogP contribution in [0.2, 0.25) is 5.02 Å². The molecule has 0 unspecified atom stereocenters. The van der Waals surface area contributed by atoms with E-state index in [1.54, 1.807) is 29.4 Å². The van der Waals surface area contributed by atoms with Gasteiger partial charge in [-0.25, -0.2) is 4.99 Å². The third-order valence-electron chi connectivity index (χ3n) is 2.95. The van der Waals surface area contributed by atoms with Crippen molar-refractivity contribution < 1.29 is 4.79 Å². The summed E-state index contributed by atoms with van der Waals surface area (Å²) in [6.45, 7) is 0. The average molecular weight is 414 g/mol. The lowest BCUT2D eigenvalue weighted by atomic mass is 10.3. The van der Waals surface area contributed by atoms with Gasteiger partial charge in [0.25, 0.3) is 5.91 Å². The lowest BCUT2D eigenvalue weighted by Gasteiger charge is -2.07. The molecule has 1 fully saturated rings. The van der Waals surface area contributed by atoms with Crippen LogP contribution in [0.4, 0.5) is 5.69 Å². The molecule has 22 heavy (non-hydrogen) atoms. The lowest BCUT2D eigenvalue weighted by Crippen LogP contribution is -2.23. The molecule has 1 aliphatic rings. The third kappa shape index (κ3) is 3.30. The summed E-state index contributed by atoms with van der Waals surface area (Å²) < 4.78 is 0.819. The first-order chi connectivity index (χ1) is 10.5. The number of rotatable bonds is 2. The van der Waals surface area contributed by atoms with Crippen molar-refractivity contribution in [3.05, 3.63) is 55.0 Å². The standard InChI is InChI=1S/C15H10BrClN2OS2/c1-19-14(20)13(8-10-3-2-6-21-10)22-15(19)18-9-4-5-11(16)12(17)7-9/h2-8H,1H3/b13-8-,18-15?. The van der Waals surface area contributed by atoms with Crippen molar-refractivity contribution in [1.29, 1.82) is 0 Å². The van der Waals surface area contributed by atoms with Gasteiger partial charge in [-0.3, -0.25) is 9.69 Å². The monoisotopic (exact) mass is 412 g/mol. The highest BCUT2D eigenvalue weighted by atomic mass is 79.9. The number of thioether (sulfide) groups is 1. The van der Waals surface area contributed by atoms with E-state index in [-0.39, 0.29) is 5.91 Å². The first-order valence-electron chi connectivity index (χ1n) is 6.29. The topological polar surface area (TPSA) is 32.7 Å². The molecule has 1 amide bonds. The van der Waals surface area contributed by atoms with Crippen LogP contribution < -0.4 is 0 Å². The normalized spacial score (nSPS) is 18.7. The van der Waals surface area contributed by atoms with Crippen LogP contribution in [0.5, 0.6) is 0 Å². The maximum absolute atomic E-state index is 12.3. The van der Waals surface area contributed by atoms with Crippen molar-refractivity contribution in [1.82, 2.24) is 4.90 Å². The molecule has 7 heteroatoms. The summed E-state index contributed by atoms with van der Waals surface area (Å²) in [6, 6.07) is 9.39. The Kier molecular flexibility index (Phi) is 4.73. The van der Waals surface area contributed by atoms with Gasteiger partial charge in [0.05, 0.1) is 15.6 Å². The van der Waals surface area contributed by atoms with Gasteiger partial charge in [0.15, 0.2) is 5.17 Å². The Balaban J connectivity index is 1.90. The molecule has 3 nitrogen and oxygen atoms in total. The summed E-state index contributed by atoms with van der Waals surface area (Å²) in [7, 11) is 1.73. The Morgan fingerprint density at radius 3 is 2.86 bits per heavy atom. The van der Waals surface area contributed by atoms with Crippen LogP contribution in [0.15, 0.2) is 50.1 Å². The van der Waals surface area contributed by atoms with Gasteiger partial charge >= 0.3 is 0 Å². The number of amidine groups is 1. The molecule has 1 aromatic heterocycles. The van der Waals surface area contributed by atoms with Crippen molar-refractivity contribution in [2.24, 2.45) is 4.99 Å². The Morgan fingerprint density at radius 2 is 2.18 bits per heavy atom. The fraction of sp³-hybridized carbons (Fsp3) is 0.0667. The van der Waals surface area contributed by atoms with Crippen molar-refractivity contribution in [2.45, 2.75) is 0 Å². The molecule has 0 aliphatic carbocycles. The van der Waals surface area contributed by atoms with E-state index in [1.807, 2.05) is 35.7 Å². The number of aliphatic imine (C=N–C) groups is 1. The predicted octanol–water partition coefficient (Wildman–Crippen LogP) is 5.40. The zero-order valence-electron chi connectivity index (χ0n) is 11.4. The average Bonchev–Trinajstić information content (AvgIpc) is 3.08. The van der Waals surface area contributed by atoms with Crippen LogP contribution >= 0.6 is 50.6 Å². The molecule has 2 aromatic rings. The number of benzene rings is 1. The summed E-state index contributed by atoms with van der Waals surface area (Å²) in [5.74, 6) is -0.0413. The van der Waals surface area contributed by atoms with E-state index in [9.17, 15) is 4.79 Å². The maximum atomic E-state index is 12.3. The van der Waals surface area contributed by atoms with Crippen LogP contribution in [0.1, 0.15) is 4.88 Å². The smallest absolute Gasteiger partial charge is 0.266 e. The summed E-state index contributed by atoms with van der Waals surface area (Å²) in [4.78, 5) is 20.1. The number of halogens is 2. The summed E-state index contributed by atoms with van der Waals surface area (Å²) in [5, 5.41) is 3.22. The molecule has 0 N–H and O–H groups in total. The van der Waals surface area contributed by atoms with Crippen LogP contribution in [-0.2, 0) is 4.79 Å². The van der Waals surface area contributed by atoms with Gasteiger partial charge in [-0.15, -0.1) is 11.3 Å². The number of carbonyl (C=O) groups excluding carboxylic acids is 1. The van der Waals surface area contributed by atoms with Gasteiger partial charge in [-0.1, -0.05) is 17.7 Å². The number of thiophene rings is 1. The molecule has 2 heterocycles. The zero-order chi connectivity index (χ0) is 15.7. The molecule has 1 aromatic carbocycles. The van der Waals surface area contributed by atoms with E-state index in [0.29, 0.717) is 20.8 Å². The molecular weight excluding hydrogens is 404 g/mol. The largest absolute Gasteiger partial charge is 0.290 e. The fourth-order valence-corrected chi connectivity index (χ4v) is 3.95. The predicted molar refractivity (Wildman–Crippen MR) is 98.9 cm³/mol. The highest BCUT2D eigenvalue weighted by Gasteiger charge is 2.30. The maximum Gasteiger partial charge on any atom is 0.266 e. The molecule has 0 atom stereocenters. The van der Waals surface area contributed by atoms with Crippen LogP contribution in [0.3, 0.4) is 0 Å². The molecule has 112 valence electrons. The second-order valence-corrected chi connectivity index (χ2v) is 7.73. The highest BCUT2D eigenvalue weighted by molar-refractivity contribution is 9.10. The van der Waals surface area contributed by atoms with E-state index in [2.05, 4.69) is 20.9 Å². The summed E-state index contributed by atoms with van der Waals surface area (Å²) >= 11 is 12.4. The molecule has 0 saturated carbocycles. The molecule has 0 spiro atoms. The summed E-state index contributed by atoms with van der Waals surface area (Å²) in [5.41, 5.74) is 0.715. The zero-order valence-corrected chi connectivity index (χ0v) is 15.4. The second-order valence-electron chi connectivity index (χ2n) is 4.48. The van der Waals surface area contributed by atoms with Gasteiger partial charge in [0.2, 0.25) is 0 Å². The fourth-order valence-electron chi connectivity index (χ4n) is 1.82. The van der Waals surface area contributed by atoms with Gasteiger partial charge in [0, 0.05) is 16.4 Å². The Morgan fingerprint density at radius 1 is 1.36 bits per heavy atom. The Bertz CT molecular complexity index is 787. The highest BCUT2D eigenvalue weighted by Crippen LogP contribution is 2.35. The van der Waals surface area contributed by atoms with Crippen LogP contribution in [0, 0.1) is 0 Å². The van der Waals surface area contributed by atoms with E-state index >= 15 is 0 Å². The number of nitrogens with zero attached hydrogens (tertiary/aromatic N) is 2. The minimum absolute atomic E-state index is 0.0413. The first kappa shape index (κ1) is 15.8. The van der Waals surface area contributed by atoms with Crippen LogP contribution in [-0.4, -0.2) is 23.0 Å². The third-order valence-corrected chi connectivity index (χ3v) is 6.06. The Hall–Kier alpha value is -1.08. The van der Waals surface area contributed by atoms with Gasteiger partial charge in [-0.05, 0) is 63.4 Å². The molecular formula is C15H10BrClN2OS2. The minimum Gasteiger partial charge on any atom is -0.290 e. The van der Waals surface area contributed by atoms with E-state index < -0.39 is 0 Å². The quantitative estimate of drug-likeness (QED) is 0.618. The van der Waals surface area contributed by atoms with Crippen molar-refractivity contribution >= 4 is 73.5 Å². The lowest BCUT2D eigenvalue weighted by molar-refractivity contribution is -0.121. The number of amides is 1. The number of likely N-dealkylation sites (N-methyl/N-ethyl adjacent to an activating group) is 1. The van der Waals surface area contributed by atoms with E-state index in [1.165, 1.54) is 11.8 Å². The number of hydrogen-bond donors (Lipinski definition) is 0. The molecule has 1 aliphatic heterocycles. The SMILES string of the molecule is CN1C(=O)/C(=C/c2cccs2)SC1=Nc1ccc(Br)c(Cl)c1. The van der Waals surface area contributed by atoms with Gasteiger partial charge in [-0.2, -0.15) is 0 Å². The molecule has 0 bridgehead atoms. The Labute approximate surface area is 149 Å². The number of hydrogen-bond acceptors (Lipinski definition) is 4. The molecule has 3 rings (SSSR count).